The van der Waals surface area contributed by atoms with Crippen LogP contribution >= 0.6 is 0 Å². The predicted molar refractivity (Wildman–Crippen MR) is 191 cm³/mol. The van der Waals surface area contributed by atoms with Crippen molar-refractivity contribution in [3.8, 4) is 0 Å². The number of carbonyl (C=O) groups excluding carboxylic acids is 2. The van der Waals surface area contributed by atoms with Gasteiger partial charge in [-0.1, -0.05) is 68.8 Å². The van der Waals surface area contributed by atoms with E-state index in [-0.39, 0.29) is 12.5 Å². The highest BCUT2D eigenvalue weighted by atomic mass is 16.5. The number of hydrogen-bond donors (Lipinski definition) is 0. The molecule has 6 heteroatoms. The number of hydrogen-bond acceptors (Lipinski definition) is 4. The molecule has 2 aromatic rings. The largest absolute Gasteiger partial charge is 0.381 e. The Morgan fingerprint density at radius 3 is 2.36 bits per heavy atom. The Morgan fingerprint density at radius 2 is 1.64 bits per heavy atom. The van der Waals surface area contributed by atoms with Gasteiger partial charge in [0.25, 0.3) is 0 Å². The molecule has 5 fully saturated rings. The molecule has 5 aliphatic rings. The van der Waals surface area contributed by atoms with Gasteiger partial charge in [0.05, 0.1) is 12.6 Å². The second kappa shape index (κ2) is 14.6. The molecule has 0 radical (unpaired) electrons. The number of aryl methyl sites for hydroxylation is 1. The molecule has 1 saturated heterocycles. The molecule has 0 aromatic heterocycles. The zero-order chi connectivity index (χ0) is 33.2. The third-order valence-corrected chi connectivity index (χ3v) is 13.9. The highest BCUT2D eigenvalue weighted by Crippen LogP contribution is 2.66. The molecule has 8 unspecified atom stereocenters. The lowest BCUT2D eigenvalue weighted by Crippen LogP contribution is -2.59. The summed E-state index contributed by atoms with van der Waals surface area (Å²) in [5.41, 5.74) is 2.19. The third-order valence-electron chi connectivity index (χ3n) is 13.9. The van der Waals surface area contributed by atoms with Crippen molar-refractivity contribution in [1.29, 1.82) is 0 Å². The van der Waals surface area contributed by atoms with Gasteiger partial charge in [-0.25, -0.2) is 0 Å². The summed E-state index contributed by atoms with van der Waals surface area (Å²) in [5.74, 6) is 3.63. The quantitative estimate of drug-likeness (QED) is 0.292. The Labute approximate surface area is 284 Å². The fourth-order valence-corrected chi connectivity index (χ4v) is 11.4. The van der Waals surface area contributed by atoms with E-state index in [0.717, 1.165) is 62.7 Å². The van der Waals surface area contributed by atoms with Crippen molar-refractivity contribution in [2.45, 2.75) is 104 Å². The number of benzene rings is 2. The van der Waals surface area contributed by atoms with Crippen molar-refractivity contribution < 1.29 is 14.3 Å². The van der Waals surface area contributed by atoms with Crippen LogP contribution in [-0.2, 0) is 14.3 Å². The molecule has 2 aromatic carbocycles. The zero-order valence-electron chi connectivity index (χ0n) is 30.0. The molecule has 2 amide bonds. The molecule has 0 N–H and O–H groups in total. The summed E-state index contributed by atoms with van der Waals surface area (Å²) in [6.45, 7) is 13.8. The maximum Gasteiger partial charge on any atom is 0.242 e. The van der Waals surface area contributed by atoms with Crippen LogP contribution in [0.4, 0.5) is 0 Å². The van der Waals surface area contributed by atoms with Gasteiger partial charge in [-0.05, 0) is 116 Å². The van der Waals surface area contributed by atoms with Gasteiger partial charge in [0.15, 0.2) is 0 Å². The standard InChI is InChI=1S/C30H51N3O3.C11H10/c1-5-14-31(21-34)20-28(35)33-17-15-32(16-18-33)23-8-6-22-7-9-24-25-10-11-27(36-4)29(25,2)13-12-26(24)30(22,3)19-23;1-9-6-7-10-4-2-3-5-11(10)8-9/h21-27H,5-20H2,1-4H3;2-8H,1H3. The van der Waals surface area contributed by atoms with Gasteiger partial charge in [-0.15, -0.1) is 0 Å². The average molecular weight is 644 g/mol. The number of nitrogens with zero attached hydrogens (tertiary/aromatic N) is 3. The van der Waals surface area contributed by atoms with E-state index >= 15 is 0 Å². The number of fused-ring (bicyclic) bond motifs is 6. The number of rotatable bonds is 7. The van der Waals surface area contributed by atoms with Crippen molar-refractivity contribution in [2.75, 3.05) is 46.4 Å². The van der Waals surface area contributed by atoms with Gasteiger partial charge < -0.3 is 14.5 Å². The smallest absolute Gasteiger partial charge is 0.242 e. The van der Waals surface area contributed by atoms with E-state index in [1.807, 2.05) is 18.9 Å². The minimum Gasteiger partial charge on any atom is -0.381 e. The molecule has 0 spiro atoms. The van der Waals surface area contributed by atoms with Gasteiger partial charge in [0.1, 0.15) is 0 Å². The molecule has 1 heterocycles. The number of carbonyl (C=O) groups is 2. The summed E-state index contributed by atoms with van der Waals surface area (Å²) in [6.07, 6.45) is 14.5. The lowest BCUT2D eigenvalue weighted by atomic mass is 9.45. The summed E-state index contributed by atoms with van der Waals surface area (Å²) in [4.78, 5) is 30.4. The lowest BCUT2D eigenvalue weighted by molar-refractivity contribution is -0.142. The van der Waals surface area contributed by atoms with Crippen molar-refractivity contribution in [2.24, 2.45) is 34.5 Å². The van der Waals surface area contributed by atoms with Crippen LogP contribution in [0.5, 0.6) is 0 Å². The Kier molecular flexibility index (Phi) is 10.7. The van der Waals surface area contributed by atoms with Crippen LogP contribution in [-0.4, -0.2) is 85.5 Å². The van der Waals surface area contributed by atoms with Crippen LogP contribution in [0.25, 0.3) is 10.8 Å². The van der Waals surface area contributed by atoms with E-state index in [4.69, 9.17) is 4.74 Å². The molecule has 47 heavy (non-hydrogen) atoms. The molecule has 4 saturated carbocycles. The maximum absolute atomic E-state index is 12.8. The normalized spacial score (nSPS) is 35.2. The van der Waals surface area contributed by atoms with Gasteiger partial charge in [-0.2, -0.15) is 0 Å². The summed E-state index contributed by atoms with van der Waals surface area (Å²) < 4.78 is 6.00. The van der Waals surface area contributed by atoms with Gasteiger partial charge in [0, 0.05) is 45.9 Å². The van der Waals surface area contributed by atoms with Crippen LogP contribution in [0.3, 0.4) is 0 Å². The first kappa shape index (κ1) is 34.4. The highest BCUT2D eigenvalue weighted by Gasteiger charge is 2.60. The van der Waals surface area contributed by atoms with Crippen LogP contribution in [0.1, 0.15) is 90.5 Å². The van der Waals surface area contributed by atoms with E-state index in [1.54, 1.807) is 4.90 Å². The first-order valence-electron chi connectivity index (χ1n) is 18.9. The first-order valence-corrected chi connectivity index (χ1v) is 18.9. The molecule has 7 rings (SSSR count). The fourth-order valence-electron chi connectivity index (χ4n) is 11.4. The summed E-state index contributed by atoms with van der Waals surface area (Å²) >= 11 is 0. The molecular formula is C41H61N3O3. The predicted octanol–water partition coefficient (Wildman–Crippen LogP) is 7.57. The molecule has 6 nitrogen and oxygen atoms in total. The van der Waals surface area contributed by atoms with E-state index in [2.05, 4.69) is 68.1 Å². The number of amides is 2. The third kappa shape index (κ3) is 6.88. The highest BCUT2D eigenvalue weighted by molar-refractivity contribution is 5.83. The van der Waals surface area contributed by atoms with E-state index < -0.39 is 0 Å². The summed E-state index contributed by atoms with van der Waals surface area (Å²) in [7, 11) is 1.94. The average Bonchev–Trinajstić information content (AvgIpc) is 3.44. The second-order valence-electron chi connectivity index (χ2n) is 16.3. The maximum atomic E-state index is 12.8. The Balaban J connectivity index is 0.000000295. The Bertz CT molecular complexity index is 1370. The van der Waals surface area contributed by atoms with E-state index in [0.29, 0.717) is 29.5 Å². The first-order chi connectivity index (χ1) is 22.7. The van der Waals surface area contributed by atoms with Crippen molar-refractivity contribution in [1.82, 2.24) is 14.7 Å². The molecule has 4 aliphatic carbocycles. The van der Waals surface area contributed by atoms with Gasteiger partial charge >= 0.3 is 0 Å². The van der Waals surface area contributed by atoms with Crippen molar-refractivity contribution in [3.63, 3.8) is 0 Å². The number of methoxy groups -OCH3 is 1. The van der Waals surface area contributed by atoms with Gasteiger partial charge in [0.2, 0.25) is 12.3 Å². The molecule has 258 valence electrons. The molecule has 8 atom stereocenters. The van der Waals surface area contributed by atoms with Crippen molar-refractivity contribution >= 4 is 23.1 Å². The number of ether oxygens (including phenoxy) is 1. The Hall–Kier alpha value is -2.44. The summed E-state index contributed by atoms with van der Waals surface area (Å²) in [6, 6.07) is 15.6. The Morgan fingerprint density at radius 1 is 0.915 bits per heavy atom. The van der Waals surface area contributed by atoms with Crippen LogP contribution < -0.4 is 0 Å². The van der Waals surface area contributed by atoms with Crippen LogP contribution in [0, 0.1) is 41.4 Å². The minimum absolute atomic E-state index is 0.108. The molecule has 0 bridgehead atoms. The minimum atomic E-state index is 0.108. The van der Waals surface area contributed by atoms with E-state index in [9.17, 15) is 9.59 Å². The SMILES string of the molecule is CCCN(C=O)CC(=O)N1CCN(C2CCC3CCC4C(CCC5(C)C(OC)CCC45)C3(C)C2)CC1.Cc1ccc2ccccc2c1. The topological polar surface area (TPSA) is 53.1 Å². The molecule has 1 aliphatic heterocycles. The van der Waals surface area contributed by atoms with E-state index in [1.165, 1.54) is 74.1 Å². The summed E-state index contributed by atoms with van der Waals surface area (Å²) in [5, 5.41) is 2.64. The second-order valence-corrected chi connectivity index (χ2v) is 16.3. The van der Waals surface area contributed by atoms with Crippen LogP contribution in [0.2, 0.25) is 0 Å². The number of piperazine rings is 1. The fraction of sp³-hybridized carbons (Fsp3) is 0.707. The molecular weight excluding hydrogens is 582 g/mol. The van der Waals surface area contributed by atoms with Crippen LogP contribution in [0.15, 0.2) is 42.5 Å². The zero-order valence-corrected chi connectivity index (χ0v) is 30.0. The van der Waals surface area contributed by atoms with Gasteiger partial charge in [-0.3, -0.25) is 14.5 Å². The lowest BCUT2D eigenvalue weighted by Gasteiger charge is -2.62. The monoisotopic (exact) mass is 643 g/mol. The van der Waals surface area contributed by atoms with Crippen molar-refractivity contribution in [3.05, 3.63) is 48.0 Å².